The predicted octanol–water partition coefficient (Wildman–Crippen LogP) is 4.91. The van der Waals surface area contributed by atoms with E-state index in [2.05, 4.69) is 15.3 Å². The highest BCUT2D eigenvalue weighted by Crippen LogP contribution is 2.24. The summed E-state index contributed by atoms with van der Waals surface area (Å²) < 4.78 is 0. The Morgan fingerprint density at radius 2 is 1.66 bits per heavy atom. The van der Waals surface area contributed by atoms with E-state index in [9.17, 15) is 4.79 Å². The number of H-pyrrole nitrogens is 1. The van der Waals surface area contributed by atoms with Gasteiger partial charge in [0.25, 0.3) is 5.91 Å². The number of rotatable bonds is 5. The molecule has 0 spiro atoms. The number of hydrogen-bond donors (Lipinski definition) is 3. The van der Waals surface area contributed by atoms with Gasteiger partial charge in [-0.1, -0.05) is 54.6 Å². The zero-order valence-corrected chi connectivity index (χ0v) is 16.3. The summed E-state index contributed by atoms with van der Waals surface area (Å²) in [5.41, 5.74) is 4.84. The average molecular weight is 406 g/mol. The highest BCUT2D eigenvalue weighted by molar-refractivity contribution is 6.04. The van der Waals surface area contributed by atoms with Crippen LogP contribution in [-0.2, 0) is 6.61 Å². The Labute approximate surface area is 174 Å². The number of carbonyl (C=O) groups excluding carboxylic acids is 1. The molecule has 0 bridgehead atoms. The molecule has 146 valence electrons. The minimum atomic E-state index is -0.198. The maximum atomic E-state index is 12.5. The quantitative estimate of drug-likeness (QED) is 0.441. The van der Waals surface area contributed by atoms with Gasteiger partial charge in [0.2, 0.25) is 0 Å². The van der Waals surface area contributed by atoms with Gasteiger partial charge in [0, 0.05) is 22.4 Å². The molecule has 0 aliphatic rings. The molecule has 0 fully saturated rings. The lowest BCUT2D eigenvalue weighted by Gasteiger charge is -2.07. The highest BCUT2D eigenvalue weighted by Gasteiger charge is 2.09. The van der Waals surface area contributed by atoms with Crippen molar-refractivity contribution < 1.29 is 9.90 Å². The second kappa shape index (κ2) is 9.19. The number of aromatic amines is 1. The van der Waals surface area contributed by atoms with Gasteiger partial charge in [-0.25, -0.2) is 4.98 Å². The summed E-state index contributed by atoms with van der Waals surface area (Å²) in [5, 5.41) is 12.0. The number of aliphatic hydroxyl groups excluding tert-OH is 1. The molecule has 3 N–H and O–H groups in total. The number of nitrogens with zero attached hydrogens (tertiary/aromatic N) is 1. The first-order valence-electron chi connectivity index (χ1n) is 8.95. The Bertz CT molecular complexity index is 1090. The summed E-state index contributed by atoms with van der Waals surface area (Å²) in [4.78, 5) is 20.2. The first-order valence-corrected chi connectivity index (χ1v) is 8.95. The largest absolute Gasteiger partial charge is 0.392 e. The van der Waals surface area contributed by atoms with Gasteiger partial charge in [0.1, 0.15) is 5.82 Å². The average Bonchev–Trinajstić information content (AvgIpc) is 3.25. The molecular formula is C23H20ClN3O2. The van der Waals surface area contributed by atoms with Crippen molar-refractivity contribution in [3.8, 4) is 22.6 Å². The minimum Gasteiger partial charge on any atom is -0.392 e. The summed E-state index contributed by atoms with van der Waals surface area (Å²) in [7, 11) is 0. The SMILES string of the molecule is Cl.O=C(Nc1cccc(-c2cnc(-c3ccccc3)[nH]2)c1)c1ccc(CO)cc1. The molecular weight excluding hydrogens is 386 g/mol. The summed E-state index contributed by atoms with van der Waals surface area (Å²) in [6.07, 6.45) is 1.79. The number of halogens is 1. The van der Waals surface area contributed by atoms with Crippen molar-refractivity contribution in [3.63, 3.8) is 0 Å². The second-order valence-electron chi connectivity index (χ2n) is 6.40. The van der Waals surface area contributed by atoms with Crippen molar-refractivity contribution in [2.75, 3.05) is 5.32 Å². The van der Waals surface area contributed by atoms with E-state index in [1.54, 1.807) is 30.5 Å². The van der Waals surface area contributed by atoms with Crippen LogP contribution in [0.15, 0.2) is 85.1 Å². The van der Waals surface area contributed by atoms with Crippen LogP contribution in [0.4, 0.5) is 5.69 Å². The fourth-order valence-corrected chi connectivity index (χ4v) is 2.94. The Morgan fingerprint density at radius 1 is 0.931 bits per heavy atom. The lowest BCUT2D eigenvalue weighted by atomic mass is 10.1. The standard InChI is InChI=1S/C23H19N3O2.ClH/c27-15-16-9-11-18(12-10-16)23(28)25-20-8-4-7-19(13-20)21-14-24-22(26-21)17-5-2-1-3-6-17;/h1-14,27H,15H2,(H,24,26)(H,25,28);1H. The van der Waals surface area contributed by atoms with Crippen LogP contribution in [0.1, 0.15) is 15.9 Å². The van der Waals surface area contributed by atoms with E-state index in [4.69, 9.17) is 5.11 Å². The van der Waals surface area contributed by atoms with E-state index in [-0.39, 0.29) is 24.9 Å². The van der Waals surface area contributed by atoms with Crippen LogP contribution in [-0.4, -0.2) is 21.0 Å². The van der Waals surface area contributed by atoms with E-state index >= 15 is 0 Å². The van der Waals surface area contributed by atoms with Crippen LogP contribution < -0.4 is 5.32 Å². The first-order chi connectivity index (χ1) is 13.7. The number of amides is 1. The third kappa shape index (κ3) is 4.71. The number of nitrogens with one attached hydrogen (secondary N) is 2. The van der Waals surface area contributed by atoms with E-state index in [0.29, 0.717) is 11.3 Å². The van der Waals surface area contributed by atoms with Gasteiger partial charge >= 0.3 is 0 Å². The van der Waals surface area contributed by atoms with Crippen LogP contribution in [0.3, 0.4) is 0 Å². The molecule has 1 aromatic heterocycles. The van der Waals surface area contributed by atoms with Crippen molar-refractivity contribution >= 4 is 24.0 Å². The van der Waals surface area contributed by atoms with E-state index in [1.165, 1.54) is 0 Å². The smallest absolute Gasteiger partial charge is 0.255 e. The number of imidazole rings is 1. The molecule has 0 aliphatic carbocycles. The maximum absolute atomic E-state index is 12.5. The molecule has 0 aliphatic heterocycles. The monoisotopic (exact) mass is 405 g/mol. The topological polar surface area (TPSA) is 78.0 Å². The van der Waals surface area contributed by atoms with Crippen LogP contribution in [0, 0.1) is 0 Å². The molecule has 0 radical (unpaired) electrons. The van der Waals surface area contributed by atoms with Crippen LogP contribution in [0.2, 0.25) is 0 Å². The van der Waals surface area contributed by atoms with E-state index in [1.807, 2.05) is 54.6 Å². The van der Waals surface area contributed by atoms with Gasteiger partial charge in [0.15, 0.2) is 0 Å². The van der Waals surface area contributed by atoms with Gasteiger partial charge in [-0.05, 0) is 29.8 Å². The van der Waals surface area contributed by atoms with E-state index < -0.39 is 0 Å². The van der Waals surface area contributed by atoms with Crippen LogP contribution >= 0.6 is 12.4 Å². The van der Waals surface area contributed by atoms with Crippen molar-refractivity contribution in [1.82, 2.24) is 9.97 Å². The highest BCUT2D eigenvalue weighted by atomic mass is 35.5. The number of aliphatic hydroxyl groups is 1. The molecule has 29 heavy (non-hydrogen) atoms. The van der Waals surface area contributed by atoms with Crippen molar-refractivity contribution in [3.05, 3.63) is 96.2 Å². The molecule has 3 aromatic carbocycles. The molecule has 1 heterocycles. The third-order valence-corrected chi connectivity index (χ3v) is 4.45. The van der Waals surface area contributed by atoms with Gasteiger partial charge in [-0.3, -0.25) is 4.79 Å². The summed E-state index contributed by atoms with van der Waals surface area (Å²) in [6, 6.07) is 24.4. The normalized spacial score (nSPS) is 10.2. The molecule has 0 saturated carbocycles. The number of anilines is 1. The summed E-state index contributed by atoms with van der Waals surface area (Å²) in [6.45, 7) is -0.0426. The second-order valence-corrected chi connectivity index (χ2v) is 6.40. The van der Waals surface area contributed by atoms with Gasteiger partial charge in [-0.15, -0.1) is 12.4 Å². The van der Waals surface area contributed by atoms with Crippen molar-refractivity contribution in [2.45, 2.75) is 6.61 Å². The Hall–Kier alpha value is -3.41. The van der Waals surface area contributed by atoms with Gasteiger partial charge in [0.05, 0.1) is 18.5 Å². The molecule has 5 nitrogen and oxygen atoms in total. The molecule has 1 amide bonds. The Kier molecular flexibility index (Phi) is 6.44. The lowest BCUT2D eigenvalue weighted by molar-refractivity contribution is 0.102. The fourth-order valence-electron chi connectivity index (χ4n) is 2.94. The molecule has 0 unspecified atom stereocenters. The molecule has 0 saturated heterocycles. The minimum absolute atomic E-state index is 0. The molecule has 0 atom stereocenters. The molecule has 4 rings (SSSR count). The molecule has 6 heteroatoms. The first kappa shape index (κ1) is 20.3. The van der Waals surface area contributed by atoms with Gasteiger partial charge in [-0.2, -0.15) is 0 Å². The van der Waals surface area contributed by atoms with Gasteiger partial charge < -0.3 is 15.4 Å². The third-order valence-electron chi connectivity index (χ3n) is 4.45. The number of hydrogen-bond acceptors (Lipinski definition) is 3. The van der Waals surface area contributed by atoms with Crippen molar-refractivity contribution in [2.24, 2.45) is 0 Å². The number of aromatic nitrogens is 2. The zero-order valence-electron chi connectivity index (χ0n) is 15.5. The number of carbonyl (C=O) groups is 1. The zero-order chi connectivity index (χ0) is 19.3. The Morgan fingerprint density at radius 3 is 2.38 bits per heavy atom. The number of benzene rings is 3. The Balaban J connectivity index is 0.00000240. The maximum Gasteiger partial charge on any atom is 0.255 e. The summed E-state index contributed by atoms with van der Waals surface area (Å²) in [5.74, 6) is 0.602. The van der Waals surface area contributed by atoms with Crippen LogP contribution in [0.25, 0.3) is 22.6 Å². The molecule has 4 aromatic rings. The van der Waals surface area contributed by atoms with Crippen LogP contribution in [0.5, 0.6) is 0 Å². The van der Waals surface area contributed by atoms with Crippen molar-refractivity contribution in [1.29, 1.82) is 0 Å². The van der Waals surface area contributed by atoms with E-state index in [0.717, 1.165) is 28.2 Å². The predicted molar refractivity (Wildman–Crippen MR) is 117 cm³/mol. The summed E-state index contributed by atoms with van der Waals surface area (Å²) >= 11 is 0. The lowest BCUT2D eigenvalue weighted by Crippen LogP contribution is -2.11. The fraction of sp³-hybridized carbons (Fsp3) is 0.0435.